The minimum Gasteiger partial charge on any atom is -0.0625 e. The first-order valence-electron chi connectivity index (χ1n) is 9.09. The van der Waals surface area contributed by atoms with E-state index in [9.17, 15) is 0 Å². The second kappa shape index (κ2) is 5.41. The SMILES string of the molecule is CC1CCC(C(C)(C)C2CCC3CCCCC32)CC1. The summed E-state index contributed by atoms with van der Waals surface area (Å²) >= 11 is 0. The van der Waals surface area contributed by atoms with Gasteiger partial charge in [0, 0.05) is 0 Å². The monoisotopic (exact) mass is 262 g/mol. The van der Waals surface area contributed by atoms with Gasteiger partial charge in [0.25, 0.3) is 0 Å². The van der Waals surface area contributed by atoms with Crippen LogP contribution in [0.2, 0.25) is 0 Å². The van der Waals surface area contributed by atoms with E-state index in [2.05, 4.69) is 20.8 Å². The van der Waals surface area contributed by atoms with Crippen LogP contribution in [0.4, 0.5) is 0 Å². The lowest BCUT2D eigenvalue weighted by Crippen LogP contribution is -2.38. The van der Waals surface area contributed by atoms with Crippen molar-refractivity contribution >= 4 is 0 Å². The molecule has 0 radical (unpaired) electrons. The summed E-state index contributed by atoms with van der Waals surface area (Å²) in [5, 5.41) is 0. The molecule has 0 aliphatic heterocycles. The van der Waals surface area contributed by atoms with Crippen LogP contribution in [0.3, 0.4) is 0 Å². The lowest BCUT2D eigenvalue weighted by atomic mass is 9.59. The van der Waals surface area contributed by atoms with E-state index in [-0.39, 0.29) is 0 Å². The molecule has 0 aromatic carbocycles. The Balaban J connectivity index is 1.69. The molecule has 0 aromatic rings. The summed E-state index contributed by atoms with van der Waals surface area (Å²) in [4.78, 5) is 0. The van der Waals surface area contributed by atoms with E-state index in [1.54, 1.807) is 25.7 Å². The third kappa shape index (κ3) is 2.61. The lowest BCUT2D eigenvalue weighted by molar-refractivity contribution is 0.0339. The maximum absolute atomic E-state index is 2.63. The van der Waals surface area contributed by atoms with Crippen molar-refractivity contribution in [1.29, 1.82) is 0 Å². The van der Waals surface area contributed by atoms with Gasteiger partial charge in [0.05, 0.1) is 0 Å². The van der Waals surface area contributed by atoms with Gasteiger partial charge in [0.2, 0.25) is 0 Å². The summed E-state index contributed by atoms with van der Waals surface area (Å²) in [6.07, 6.45) is 15.3. The Morgan fingerprint density at radius 1 is 0.737 bits per heavy atom. The average molecular weight is 262 g/mol. The van der Waals surface area contributed by atoms with Crippen LogP contribution >= 0.6 is 0 Å². The van der Waals surface area contributed by atoms with E-state index in [1.165, 1.54) is 38.5 Å². The maximum atomic E-state index is 2.63. The molecule has 0 spiro atoms. The van der Waals surface area contributed by atoms with Crippen molar-refractivity contribution in [3.8, 4) is 0 Å². The zero-order valence-corrected chi connectivity index (χ0v) is 13.5. The van der Waals surface area contributed by atoms with Crippen molar-refractivity contribution in [2.24, 2.45) is 35.0 Å². The molecule has 3 atom stereocenters. The van der Waals surface area contributed by atoms with Crippen LogP contribution in [0.5, 0.6) is 0 Å². The van der Waals surface area contributed by atoms with Crippen LogP contribution in [0.1, 0.15) is 85.0 Å². The van der Waals surface area contributed by atoms with Gasteiger partial charge in [-0.15, -0.1) is 0 Å². The molecule has 3 saturated carbocycles. The molecule has 0 saturated heterocycles. The van der Waals surface area contributed by atoms with E-state index in [0.29, 0.717) is 5.41 Å². The fourth-order valence-electron chi connectivity index (χ4n) is 5.96. The van der Waals surface area contributed by atoms with E-state index in [1.807, 2.05) is 0 Å². The fourth-order valence-corrected chi connectivity index (χ4v) is 5.96. The van der Waals surface area contributed by atoms with Crippen molar-refractivity contribution in [2.45, 2.75) is 85.0 Å². The molecular formula is C19H34. The molecule has 3 unspecified atom stereocenters. The highest BCUT2D eigenvalue weighted by Gasteiger charge is 2.47. The van der Waals surface area contributed by atoms with Gasteiger partial charge in [0.15, 0.2) is 0 Å². The Kier molecular flexibility index (Phi) is 3.98. The topological polar surface area (TPSA) is 0 Å². The molecule has 0 heterocycles. The minimum atomic E-state index is 0.622. The van der Waals surface area contributed by atoms with Crippen LogP contribution in [0.15, 0.2) is 0 Å². The van der Waals surface area contributed by atoms with E-state index in [4.69, 9.17) is 0 Å². The Bertz CT molecular complexity index is 295. The van der Waals surface area contributed by atoms with E-state index >= 15 is 0 Å². The molecule has 0 amide bonds. The zero-order chi connectivity index (χ0) is 13.5. The van der Waals surface area contributed by atoms with Crippen LogP contribution in [0, 0.1) is 35.0 Å². The molecule has 3 aliphatic rings. The molecule has 0 bridgehead atoms. The molecule has 19 heavy (non-hydrogen) atoms. The Morgan fingerprint density at radius 2 is 1.42 bits per heavy atom. The van der Waals surface area contributed by atoms with Crippen LogP contribution in [-0.4, -0.2) is 0 Å². The molecule has 0 heteroatoms. The standard InChI is InChI=1S/C19H34/c1-14-8-11-16(12-9-14)19(2,3)18-13-10-15-6-4-5-7-17(15)18/h14-18H,4-13H2,1-3H3. The number of fused-ring (bicyclic) bond motifs is 1. The van der Waals surface area contributed by atoms with Gasteiger partial charge in [-0.25, -0.2) is 0 Å². The summed E-state index contributed by atoms with van der Waals surface area (Å²) in [5.41, 5.74) is 0.622. The summed E-state index contributed by atoms with van der Waals surface area (Å²) in [6.45, 7) is 7.72. The van der Waals surface area contributed by atoms with Gasteiger partial charge in [-0.1, -0.05) is 52.9 Å². The summed E-state index contributed by atoms with van der Waals surface area (Å²) in [6, 6.07) is 0. The second-order valence-corrected chi connectivity index (χ2v) is 8.67. The largest absolute Gasteiger partial charge is 0.0625 e. The Hall–Kier alpha value is 0. The average Bonchev–Trinajstić information content (AvgIpc) is 2.83. The third-order valence-corrected chi connectivity index (χ3v) is 7.36. The highest BCUT2D eigenvalue weighted by atomic mass is 14.5. The third-order valence-electron chi connectivity index (χ3n) is 7.36. The van der Waals surface area contributed by atoms with Crippen molar-refractivity contribution in [3.63, 3.8) is 0 Å². The van der Waals surface area contributed by atoms with Gasteiger partial charge in [-0.3, -0.25) is 0 Å². The quantitative estimate of drug-likeness (QED) is 0.568. The fraction of sp³-hybridized carbons (Fsp3) is 1.00. The van der Waals surface area contributed by atoms with Gasteiger partial charge in [-0.05, 0) is 67.1 Å². The molecule has 3 fully saturated rings. The molecule has 0 aromatic heterocycles. The van der Waals surface area contributed by atoms with Crippen molar-refractivity contribution < 1.29 is 0 Å². The predicted octanol–water partition coefficient (Wildman–Crippen LogP) is 6.06. The lowest BCUT2D eigenvalue weighted by Gasteiger charge is -2.46. The zero-order valence-electron chi connectivity index (χ0n) is 13.5. The van der Waals surface area contributed by atoms with E-state index < -0.39 is 0 Å². The number of rotatable bonds is 2. The molecule has 3 rings (SSSR count). The molecule has 110 valence electrons. The Morgan fingerprint density at radius 3 is 2.16 bits per heavy atom. The first kappa shape index (κ1) is 14.0. The van der Waals surface area contributed by atoms with E-state index in [0.717, 1.165) is 29.6 Å². The molecule has 0 N–H and O–H groups in total. The van der Waals surface area contributed by atoms with Crippen molar-refractivity contribution in [2.75, 3.05) is 0 Å². The van der Waals surface area contributed by atoms with Crippen LogP contribution < -0.4 is 0 Å². The highest BCUT2D eigenvalue weighted by Crippen LogP contribution is 2.56. The highest BCUT2D eigenvalue weighted by molar-refractivity contribution is 4.97. The number of hydrogen-bond acceptors (Lipinski definition) is 0. The van der Waals surface area contributed by atoms with Gasteiger partial charge in [-0.2, -0.15) is 0 Å². The molecular weight excluding hydrogens is 228 g/mol. The molecule has 0 nitrogen and oxygen atoms in total. The van der Waals surface area contributed by atoms with Crippen molar-refractivity contribution in [3.05, 3.63) is 0 Å². The Labute approximate surface area is 120 Å². The normalized spacial score (nSPS) is 44.1. The number of hydrogen-bond donors (Lipinski definition) is 0. The first-order chi connectivity index (χ1) is 9.09. The summed E-state index contributed by atoms with van der Waals surface area (Å²) in [7, 11) is 0. The van der Waals surface area contributed by atoms with Crippen LogP contribution in [-0.2, 0) is 0 Å². The van der Waals surface area contributed by atoms with Crippen molar-refractivity contribution in [1.82, 2.24) is 0 Å². The van der Waals surface area contributed by atoms with Gasteiger partial charge >= 0.3 is 0 Å². The summed E-state index contributed by atoms with van der Waals surface area (Å²) in [5.74, 6) is 5.28. The van der Waals surface area contributed by atoms with Crippen LogP contribution in [0.25, 0.3) is 0 Å². The van der Waals surface area contributed by atoms with Gasteiger partial charge in [0.1, 0.15) is 0 Å². The smallest absolute Gasteiger partial charge is 0.0295 e. The second-order valence-electron chi connectivity index (χ2n) is 8.67. The maximum Gasteiger partial charge on any atom is -0.0295 e. The first-order valence-corrected chi connectivity index (χ1v) is 9.09. The predicted molar refractivity (Wildman–Crippen MR) is 83.1 cm³/mol. The minimum absolute atomic E-state index is 0.622. The molecule has 3 aliphatic carbocycles. The van der Waals surface area contributed by atoms with Gasteiger partial charge < -0.3 is 0 Å². The summed E-state index contributed by atoms with van der Waals surface area (Å²) < 4.78 is 0.